The normalized spacial score (nSPS) is 11.6. The zero-order valence-electron chi connectivity index (χ0n) is 57.2. The van der Waals surface area contributed by atoms with Gasteiger partial charge in [0, 0.05) is 0 Å². The Hall–Kier alpha value is -1.38. The summed E-state index contributed by atoms with van der Waals surface area (Å²) in [6, 6.07) is 4.60. The molecule has 0 amide bonds. The SMILES string of the molecule is CCCCCCCCCCCCCCCCCCCCCCCOc1cc(CCCC)cc(OCCCCCCCCCCCCCCCCCCCCCCC)c1OCCCCCCCCCCCCCCCCCCCCCCC. The summed E-state index contributed by atoms with van der Waals surface area (Å²) in [6.07, 6.45) is 92.4. The molecule has 0 heterocycles. The van der Waals surface area contributed by atoms with Crippen LogP contribution in [0.1, 0.15) is 451 Å². The minimum Gasteiger partial charge on any atom is -0.490 e. The number of hydrogen-bond donors (Lipinski definition) is 0. The van der Waals surface area contributed by atoms with Crippen LogP contribution in [0.5, 0.6) is 17.2 Å². The highest BCUT2D eigenvalue weighted by molar-refractivity contribution is 5.54. The van der Waals surface area contributed by atoms with E-state index in [2.05, 4.69) is 39.8 Å². The number of ether oxygens (including phenoxy) is 3. The lowest BCUT2D eigenvalue weighted by Crippen LogP contribution is -2.07. The maximum atomic E-state index is 6.72. The van der Waals surface area contributed by atoms with Crippen molar-refractivity contribution in [1.29, 1.82) is 0 Å². The average Bonchev–Trinajstić information content (AvgIpc) is 3.52. The minimum absolute atomic E-state index is 0.749. The third-order valence-electron chi connectivity index (χ3n) is 18.4. The quantitative estimate of drug-likeness (QED) is 0.0609. The third-order valence-corrected chi connectivity index (χ3v) is 18.4. The predicted octanol–water partition coefficient (Wildman–Crippen LogP) is 28.8. The molecule has 0 spiro atoms. The molecule has 82 heavy (non-hydrogen) atoms. The molecule has 0 fully saturated rings. The van der Waals surface area contributed by atoms with Gasteiger partial charge >= 0.3 is 0 Å². The second kappa shape index (κ2) is 68.7. The zero-order chi connectivity index (χ0) is 58.6. The Kier molecular flexibility index (Phi) is 65.9. The Balaban J connectivity index is 2.42. The Labute approximate surface area is 517 Å². The van der Waals surface area contributed by atoms with E-state index in [0.29, 0.717) is 0 Å². The zero-order valence-corrected chi connectivity index (χ0v) is 57.2. The van der Waals surface area contributed by atoms with E-state index in [1.54, 1.807) is 0 Å². The van der Waals surface area contributed by atoms with Crippen LogP contribution in [0, 0.1) is 0 Å². The molecule has 0 unspecified atom stereocenters. The standard InChI is InChI=1S/C79H152O3/c1-5-9-13-16-19-22-25-28-31-34-37-40-43-46-49-52-55-58-61-64-67-71-80-77-74-76(70-12-8-4)75-78(81-72-68-65-62-59-56-53-50-47-44-41-38-35-32-29-26-23-20-17-14-10-6-2)79(77)82-73-69-66-63-60-57-54-51-48-45-42-39-36-33-30-27-24-21-18-15-11-7-3/h74-75H,5-73H2,1-4H3. The number of aryl methyl sites for hydroxylation is 1. The highest BCUT2D eigenvalue weighted by Crippen LogP contribution is 2.40. The second-order valence-electron chi connectivity index (χ2n) is 26.8. The van der Waals surface area contributed by atoms with Crippen LogP contribution in [0.15, 0.2) is 12.1 Å². The summed E-state index contributed by atoms with van der Waals surface area (Å²) < 4.78 is 20.1. The molecule has 0 atom stereocenters. The van der Waals surface area contributed by atoms with E-state index in [0.717, 1.165) is 62.8 Å². The summed E-state index contributed by atoms with van der Waals surface area (Å²) in [5.74, 6) is 2.73. The largest absolute Gasteiger partial charge is 0.490 e. The van der Waals surface area contributed by atoms with E-state index in [1.165, 1.54) is 404 Å². The van der Waals surface area contributed by atoms with E-state index >= 15 is 0 Å². The molecule has 0 aromatic heterocycles. The van der Waals surface area contributed by atoms with Crippen LogP contribution in [0.4, 0.5) is 0 Å². The molecule has 3 nitrogen and oxygen atoms in total. The summed E-state index contributed by atoms with van der Waals surface area (Å²) in [6.45, 7) is 11.5. The van der Waals surface area contributed by atoms with Gasteiger partial charge in [0.15, 0.2) is 11.5 Å². The summed E-state index contributed by atoms with van der Waals surface area (Å²) >= 11 is 0. The molecule has 1 aromatic carbocycles. The Morgan fingerprint density at radius 1 is 0.183 bits per heavy atom. The summed E-state index contributed by atoms with van der Waals surface area (Å²) in [5.41, 5.74) is 1.34. The van der Waals surface area contributed by atoms with Gasteiger partial charge in [0.2, 0.25) is 5.75 Å². The fourth-order valence-corrected chi connectivity index (χ4v) is 12.7. The van der Waals surface area contributed by atoms with Gasteiger partial charge in [-0.1, -0.05) is 419 Å². The van der Waals surface area contributed by atoms with Crippen molar-refractivity contribution in [2.45, 2.75) is 451 Å². The van der Waals surface area contributed by atoms with Crippen molar-refractivity contribution in [3.63, 3.8) is 0 Å². The van der Waals surface area contributed by atoms with Crippen LogP contribution < -0.4 is 14.2 Å². The highest BCUT2D eigenvalue weighted by atomic mass is 16.5. The third kappa shape index (κ3) is 57.7. The van der Waals surface area contributed by atoms with Crippen molar-refractivity contribution < 1.29 is 14.2 Å². The molecule has 1 rings (SSSR count). The van der Waals surface area contributed by atoms with Crippen LogP contribution in [-0.2, 0) is 6.42 Å². The van der Waals surface area contributed by atoms with Crippen molar-refractivity contribution in [2.75, 3.05) is 19.8 Å². The molecule has 486 valence electrons. The Morgan fingerprint density at radius 2 is 0.341 bits per heavy atom. The first kappa shape index (κ1) is 78.6. The van der Waals surface area contributed by atoms with Crippen molar-refractivity contribution in [3.8, 4) is 17.2 Å². The number of hydrogen-bond acceptors (Lipinski definition) is 3. The van der Waals surface area contributed by atoms with Gasteiger partial charge in [-0.15, -0.1) is 0 Å². The molecule has 0 N–H and O–H groups in total. The summed E-state index contributed by atoms with van der Waals surface area (Å²) in [5, 5.41) is 0. The fourth-order valence-electron chi connectivity index (χ4n) is 12.7. The summed E-state index contributed by atoms with van der Waals surface area (Å²) in [4.78, 5) is 0. The van der Waals surface area contributed by atoms with Crippen molar-refractivity contribution in [3.05, 3.63) is 17.7 Å². The van der Waals surface area contributed by atoms with Gasteiger partial charge < -0.3 is 14.2 Å². The lowest BCUT2D eigenvalue weighted by molar-refractivity contribution is 0.234. The van der Waals surface area contributed by atoms with Gasteiger partial charge in [-0.2, -0.15) is 0 Å². The number of rotatable bonds is 72. The van der Waals surface area contributed by atoms with Gasteiger partial charge in [0.25, 0.3) is 0 Å². The van der Waals surface area contributed by atoms with Crippen molar-refractivity contribution in [1.82, 2.24) is 0 Å². The molecular weight excluding hydrogens is 997 g/mol. The minimum atomic E-state index is 0.749. The van der Waals surface area contributed by atoms with Gasteiger partial charge in [0.05, 0.1) is 19.8 Å². The molecule has 0 saturated carbocycles. The lowest BCUT2D eigenvalue weighted by Gasteiger charge is -2.19. The van der Waals surface area contributed by atoms with E-state index in [9.17, 15) is 0 Å². The first-order valence-corrected chi connectivity index (χ1v) is 38.8. The van der Waals surface area contributed by atoms with Crippen LogP contribution in [0.3, 0.4) is 0 Å². The fraction of sp³-hybridized carbons (Fsp3) is 0.924. The van der Waals surface area contributed by atoms with Crippen molar-refractivity contribution >= 4 is 0 Å². The molecule has 0 saturated heterocycles. The van der Waals surface area contributed by atoms with E-state index in [4.69, 9.17) is 14.2 Å². The highest BCUT2D eigenvalue weighted by Gasteiger charge is 2.16. The second-order valence-corrected chi connectivity index (χ2v) is 26.8. The van der Waals surface area contributed by atoms with Gasteiger partial charge in [-0.25, -0.2) is 0 Å². The average molecular weight is 1150 g/mol. The van der Waals surface area contributed by atoms with Crippen molar-refractivity contribution in [2.24, 2.45) is 0 Å². The topological polar surface area (TPSA) is 27.7 Å². The molecular formula is C79H152O3. The molecule has 0 aliphatic carbocycles. The van der Waals surface area contributed by atoms with Crippen LogP contribution in [-0.4, -0.2) is 19.8 Å². The molecule has 0 aliphatic heterocycles. The lowest BCUT2D eigenvalue weighted by atomic mass is 10.0. The first-order valence-electron chi connectivity index (χ1n) is 38.8. The van der Waals surface area contributed by atoms with E-state index < -0.39 is 0 Å². The molecule has 3 heteroatoms. The van der Waals surface area contributed by atoms with Gasteiger partial charge in [0.1, 0.15) is 0 Å². The maximum absolute atomic E-state index is 6.72. The maximum Gasteiger partial charge on any atom is 0.203 e. The Morgan fingerprint density at radius 3 is 0.524 bits per heavy atom. The van der Waals surface area contributed by atoms with Gasteiger partial charge in [-0.05, 0) is 49.8 Å². The first-order chi connectivity index (χ1) is 40.8. The predicted molar refractivity (Wildman–Crippen MR) is 369 cm³/mol. The molecule has 1 aromatic rings. The van der Waals surface area contributed by atoms with Crippen LogP contribution >= 0.6 is 0 Å². The van der Waals surface area contributed by atoms with Gasteiger partial charge in [-0.3, -0.25) is 0 Å². The monoisotopic (exact) mass is 1150 g/mol. The number of benzene rings is 1. The van der Waals surface area contributed by atoms with Crippen LogP contribution in [0.25, 0.3) is 0 Å². The van der Waals surface area contributed by atoms with Crippen LogP contribution in [0.2, 0.25) is 0 Å². The Bertz CT molecular complexity index is 1250. The van der Waals surface area contributed by atoms with E-state index in [-0.39, 0.29) is 0 Å². The number of unbranched alkanes of at least 4 members (excludes halogenated alkanes) is 61. The molecule has 0 aliphatic rings. The molecule has 0 bridgehead atoms. The summed E-state index contributed by atoms with van der Waals surface area (Å²) in [7, 11) is 0. The molecule has 0 radical (unpaired) electrons. The smallest absolute Gasteiger partial charge is 0.203 e. The van der Waals surface area contributed by atoms with E-state index in [1.807, 2.05) is 0 Å².